The van der Waals surface area contributed by atoms with Crippen LogP contribution in [0.15, 0.2) is 18.2 Å². The van der Waals surface area contributed by atoms with Crippen molar-refractivity contribution in [2.75, 3.05) is 5.32 Å². The van der Waals surface area contributed by atoms with Crippen LogP contribution in [-0.2, 0) is 11.2 Å². The minimum atomic E-state index is -0.0861. The molecule has 7 nitrogen and oxygen atoms in total. The minimum absolute atomic E-state index is 0.0861. The number of carbonyl (C=O) groups is 1. The maximum Gasteiger partial charge on any atom is 0.234 e. The lowest BCUT2D eigenvalue weighted by atomic mass is 10.1. The predicted octanol–water partition coefficient (Wildman–Crippen LogP) is 3.58. The van der Waals surface area contributed by atoms with Gasteiger partial charge in [-0.3, -0.25) is 4.79 Å². The first-order valence-electron chi connectivity index (χ1n) is 8.80. The molecule has 3 rings (SSSR count). The largest absolute Gasteiger partial charge is 0.332 e. The van der Waals surface area contributed by atoms with E-state index in [1.54, 1.807) is 4.52 Å². The van der Waals surface area contributed by atoms with Gasteiger partial charge in [-0.1, -0.05) is 44.2 Å². The molecule has 0 aliphatic heterocycles. The van der Waals surface area contributed by atoms with Crippen LogP contribution in [0.2, 0.25) is 0 Å². The number of anilines is 1. The summed E-state index contributed by atoms with van der Waals surface area (Å²) in [5.74, 6) is 1.04. The second kappa shape index (κ2) is 8.10. The van der Waals surface area contributed by atoms with E-state index in [1.807, 2.05) is 45.9 Å². The molecule has 27 heavy (non-hydrogen) atoms. The summed E-state index contributed by atoms with van der Waals surface area (Å²) in [6.07, 6.45) is 1.21. The number of rotatable bonds is 5. The van der Waals surface area contributed by atoms with Gasteiger partial charge in [0.2, 0.25) is 10.9 Å². The molecular formula is C18H22N6OS2. The normalized spacial score (nSPS) is 11.1. The van der Waals surface area contributed by atoms with Gasteiger partial charge in [-0.25, -0.2) is 0 Å². The van der Waals surface area contributed by atoms with E-state index in [1.165, 1.54) is 11.3 Å². The number of benzene rings is 1. The zero-order chi connectivity index (χ0) is 19.6. The summed E-state index contributed by atoms with van der Waals surface area (Å²) < 4.78 is 1.78. The molecule has 0 unspecified atom stereocenters. The lowest BCUT2D eigenvalue weighted by molar-refractivity contribution is -0.120. The Labute approximate surface area is 167 Å². The van der Waals surface area contributed by atoms with Gasteiger partial charge in [0, 0.05) is 24.1 Å². The smallest absolute Gasteiger partial charge is 0.234 e. The molecule has 1 aromatic carbocycles. The molecule has 0 aliphatic carbocycles. The number of hydrogen-bond acceptors (Lipinski definition) is 6. The highest BCUT2D eigenvalue weighted by atomic mass is 32.1. The molecule has 142 valence electrons. The van der Waals surface area contributed by atoms with Crippen LogP contribution in [-0.4, -0.2) is 30.8 Å². The Kier molecular flexibility index (Phi) is 5.81. The fourth-order valence-corrected chi connectivity index (χ4v) is 3.66. The van der Waals surface area contributed by atoms with Crippen molar-refractivity contribution in [2.24, 2.45) is 5.92 Å². The summed E-state index contributed by atoms with van der Waals surface area (Å²) in [6, 6.07) is 5.99. The molecule has 0 fully saturated rings. The van der Waals surface area contributed by atoms with Crippen molar-refractivity contribution >= 4 is 45.2 Å². The SMILES string of the molecule is CCc1nnc2sc(-c3ccc(C)c(NC(=S)NC(=O)CC(C)C)c3)nn12. The van der Waals surface area contributed by atoms with Crippen LogP contribution in [0.4, 0.5) is 5.69 Å². The summed E-state index contributed by atoms with van der Waals surface area (Å²) in [7, 11) is 0. The van der Waals surface area contributed by atoms with E-state index in [-0.39, 0.29) is 11.8 Å². The van der Waals surface area contributed by atoms with Crippen molar-refractivity contribution in [2.45, 2.75) is 40.5 Å². The molecule has 0 radical (unpaired) electrons. The van der Waals surface area contributed by atoms with Gasteiger partial charge in [-0.2, -0.15) is 9.61 Å². The van der Waals surface area contributed by atoms with Gasteiger partial charge < -0.3 is 10.6 Å². The lowest BCUT2D eigenvalue weighted by Crippen LogP contribution is -2.34. The zero-order valence-electron chi connectivity index (χ0n) is 15.7. The minimum Gasteiger partial charge on any atom is -0.332 e. The number of carbonyl (C=O) groups excluding carboxylic acids is 1. The highest BCUT2D eigenvalue weighted by Crippen LogP contribution is 2.29. The number of thiocarbonyl (C=S) groups is 1. The zero-order valence-corrected chi connectivity index (χ0v) is 17.4. The second-order valence-electron chi connectivity index (χ2n) is 6.70. The Balaban J connectivity index is 1.80. The monoisotopic (exact) mass is 402 g/mol. The molecule has 9 heteroatoms. The summed E-state index contributed by atoms with van der Waals surface area (Å²) >= 11 is 6.76. The molecule has 2 N–H and O–H groups in total. The van der Waals surface area contributed by atoms with E-state index in [4.69, 9.17) is 12.2 Å². The Hall–Kier alpha value is -2.39. The summed E-state index contributed by atoms with van der Waals surface area (Å²) in [6.45, 7) is 8.00. The first kappa shape index (κ1) is 19.4. The summed E-state index contributed by atoms with van der Waals surface area (Å²) in [5, 5.41) is 19.9. The van der Waals surface area contributed by atoms with Crippen LogP contribution in [0.3, 0.4) is 0 Å². The fraction of sp³-hybridized carbons (Fsp3) is 0.389. The predicted molar refractivity (Wildman–Crippen MR) is 112 cm³/mol. The van der Waals surface area contributed by atoms with E-state index in [9.17, 15) is 4.79 Å². The fourth-order valence-electron chi connectivity index (χ4n) is 2.59. The Morgan fingerprint density at radius 1 is 1.33 bits per heavy atom. The molecule has 0 aliphatic rings. The summed E-state index contributed by atoms with van der Waals surface area (Å²) in [5.41, 5.74) is 2.82. The highest BCUT2D eigenvalue weighted by Gasteiger charge is 2.14. The third kappa shape index (κ3) is 4.48. The van der Waals surface area contributed by atoms with E-state index < -0.39 is 0 Å². The van der Waals surface area contributed by atoms with Crippen LogP contribution < -0.4 is 10.6 Å². The molecule has 1 amide bonds. The van der Waals surface area contributed by atoms with Crippen molar-refractivity contribution in [3.05, 3.63) is 29.6 Å². The number of hydrogen-bond donors (Lipinski definition) is 2. The topological polar surface area (TPSA) is 84.2 Å². The molecular weight excluding hydrogens is 380 g/mol. The molecule has 0 saturated heterocycles. The van der Waals surface area contributed by atoms with Crippen molar-refractivity contribution in [3.8, 4) is 10.6 Å². The van der Waals surface area contributed by atoms with E-state index >= 15 is 0 Å². The van der Waals surface area contributed by atoms with Crippen LogP contribution >= 0.6 is 23.6 Å². The lowest BCUT2D eigenvalue weighted by Gasteiger charge is -2.13. The van der Waals surface area contributed by atoms with Crippen molar-refractivity contribution in [1.82, 2.24) is 25.1 Å². The Bertz CT molecular complexity index is 991. The van der Waals surface area contributed by atoms with Gasteiger partial charge in [0.1, 0.15) is 5.01 Å². The molecule has 3 aromatic rings. The molecule has 0 spiro atoms. The average molecular weight is 403 g/mol. The summed E-state index contributed by atoms with van der Waals surface area (Å²) in [4.78, 5) is 12.7. The molecule has 0 saturated carbocycles. The van der Waals surface area contributed by atoms with E-state index in [0.717, 1.165) is 39.0 Å². The third-order valence-electron chi connectivity index (χ3n) is 3.95. The van der Waals surface area contributed by atoms with E-state index in [0.29, 0.717) is 11.5 Å². The molecule has 0 bridgehead atoms. The van der Waals surface area contributed by atoms with Gasteiger partial charge in [0.15, 0.2) is 10.9 Å². The number of nitrogens with one attached hydrogen (secondary N) is 2. The highest BCUT2D eigenvalue weighted by molar-refractivity contribution is 7.80. The van der Waals surface area contributed by atoms with Gasteiger partial charge in [-0.15, -0.1) is 10.2 Å². The van der Waals surface area contributed by atoms with Crippen molar-refractivity contribution in [1.29, 1.82) is 0 Å². The van der Waals surface area contributed by atoms with Gasteiger partial charge in [0.25, 0.3) is 0 Å². The second-order valence-corrected chi connectivity index (χ2v) is 8.07. The number of aryl methyl sites for hydroxylation is 2. The Morgan fingerprint density at radius 2 is 2.11 bits per heavy atom. The van der Waals surface area contributed by atoms with Crippen LogP contribution in [0.1, 0.15) is 38.6 Å². The maximum atomic E-state index is 11.9. The van der Waals surface area contributed by atoms with Gasteiger partial charge in [0.05, 0.1) is 0 Å². The Morgan fingerprint density at radius 3 is 2.81 bits per heavy atom. The van der Waals surface area contributed by atoms with E-state index in [2.05, 4.69) is 25.9 Å². The van der Waals surface area contributed by atoms with Gasteiger partial charge >= 0.3 is 0 Å². The van der Waals surface area contributed by atoms with Gasteiger partial charge in [-0.05, 0) is 36.7 Å². The average Bonchev–Trinajstić information content (AvgIpc) is 3.16. The number of fused-ring (bicyclic) bond motifs is 1. The molecule has 0 atom stereocenters. The maximum absolute atomic E-state index is 11.9. The first-order chi connectivity index (χ1) is 12.9. The first-order valence-corrected chi connectivity index (χ1v) is 10.0. The number of aromatic nitrogens is 4. The van der Waals surface area contributed by atoms with Crippen molar-refractivity contribution in [3.63, 3.8) is 0 Å². The third-order valence-corrected chi connectivity index (χ3v) is 5.10. The van der Waals surface area contributed by atoms with Crippen molar-refractivity contribution < 1.29 is 4.79 Å². The standard InChI is InChI=1S/C18H22N6OS2/c1-5-14-21-22-18-24(14)23-16(27-18)12-7-6-11(4)13(9-12)19-17(26)20-15(25)8-10(2)3/h6-7,9-10H,5,8H2,1-4H3,(H2,19,20,25,26). The molecule has 2 heterocycles. The number of nitrogens with zero attached hydrogens (tertiary/aromatic N) is 4. The van der Waals surface area contributed by atoms with Crippen LogP contribution in [0.5, 0.6) is 0 Å². The van der Waals surface area contributed by atoms with Crippen LogP contribution in [0.25, 0.3) is 15.5 Å². The number of amides is 1. The quantitative estimate of drug-likeness (QED) is 0.635. The molecule has 2 aromatic heterocycles. The van der Waals surface area contributed by atoms with Crippen LogP contribution in [0, 0.1) is 12.8 Å².